The standard InChI is InChI=1S/C7H8O2Si/c8-7(9)10-6-4-2-1-3-5-6/h1-5H,10H2,(H,8,9). The molecule has 0 spiro atoms. The van der Waals surface area contributed by atoms with Crippen molar-refractivity contribution in [3.63, 3.8) is 0 Å². The zero-order chi connectivity index (χ0) is 7.40. The number of rotatable bonds is 2. The van der Waals surface area contributed by atoms with Crippen molar-refractivity contribution in [3.05, 3.63) is 30.3 Å². The van der Waals surface area contributed by atoms with Crippen LogP contribution in [-0.2, 0) is 0 Å². The maximum Gasteiger partial charge on any atom is 0.267 e. The zero-order valence-corrected chi connectivity index (χ0v) is 6.86. The second-order valence-electron chi connectivity index (χ2n) is 2.06. The van der Waals surface area contributed by atoms with Gasteiger partial charge in [-0.1, -0.05) is 35.5 Å². The average Bonchev–Trinajstić information content (AvgIpc) is 1.88. The molecule has 0 aliphatic rings. The molecule has 0 aromatic heterocycles. The Balaban J connectivity index is 2.67. The minimum Gasteiger partial charge on any atom is -0.486 e. The van der Waals surface area contributed by atoms with Gasteiger partial charge in [0, 0.05) is 0 Å². The Morgan fingerprint density at radius 3 is 2.40 bits per heavy atom. The fourth-order valence-corrected chi connectivity index (χ4v) is 1.63. The largest absolute Gasteiger partial charge is 0.486 e. The topological polar surface area (TPSA) is 37.3 Å². The fraction of sp³-hybridized carbons (Fsp3) is 0. The molecule has 0 fully saturated rings. The van der Waals surface area contributed by atoms with E-state index in [4.69, 9.17) is 5.11 Å². The smallest absolute Gasteiger partial charge is 0.267 e. The third kappa shape index (κ3) is 2.03. The van der Waals surface area contributed by atoms with Gasteiger partial charge in [-0.2, -0.15) is 0 Å². The van der Waals surface area contributed by atoms with Crippen LogP contribution in [0.3, 0.4) is 0 Å². The van der Waals surface area contributed by atoms with Gasteiger partial charge in [0.2, 0.25) is 0 Å². The molecular formula is C7H8O2Si. The molecule has 1 rings (SSSR count). The van der Waals surface area contributed by atoms with Crippen LogP contribution in [0.15, 0.2) is 30.3 Å². The SMILES string of the molecule is O=C(O)[SiH2]c1ccccc1. The van der Waals surface area contributed by atoms with E-state index in [1.807, 2.05) is 30.3 Å². The number of carboxylic acid groups (broad SMARTS) is 1. The van der Waals surface area contributed by atoms with E-state index in [2.05, 4.69) is 0 Å². The van der Waals surface area contributed by atoms with Crippen LogP contribution in [0.2, 0.25) is 0 Å². The highest BCUT2D eigenvalue weighted by atomic mass is 28.2. The number of benzene rings is 1. The van der Waals surface area contributed by atoms with E-state index in [1.165, 1.54) is 0 Å². The van der Waals surface area contributed by atoms with Gasteiger partial charge in [0.1, 0.15) is 0 Å². The van der Waals surface area contributed by atoms with Crippen LogP contribution in [0.1, 0.15) is 0 Å². The lowest BCUT2D eigenvalue weighted by Gasteiger charge is -1.91. The van der Waals surface area contributed by atoms with Crippen LogP contribution in [0.5, 0.6) is 0 Å². The van der Waals surface area contributed by atoms with Crippen LogP contribution < -0.4 is 5.19 Å². The molecular weight excluding hydrogens is 144 g/mol. The molecule has 0 aliphatic heterocycles. The molecule has 2 nitrogen and oxygen atoms in total. The highest BCUT2D eigenvalue weighted by Crippen LogP contribution is 1.80. The molecule has 0 radical (unpaired) electrons. The highest BCUT2D eigenvalue weighted by Gasteiger charge is 1.98. The number of hydrogen-bond acceptors (Lipinski definition) is 1. The summed E-state index contributed by atoms with van der Waals surface area (Å²) in [5, 5.41) is 9.41. The van der Waals surface area contributed by atoms with Crippen molar-refractivity contribution in [1.29, 1.82) is 0 Å². The summed E-state index contributed by atoms with van der Waals surface area (Å²) in [4.78, 5) is 10.2. The van der Waals surface area contributed by atoms with Crippen LogP contribution in [0, 0.1) is 0 Å². The van der Waals surface area contributed by atoms with Crippen LogP contribution in [0.25, 0.3) is 0 Å². The minimum atomic E-state index is -1.06. The van der Waals surface area contributed by atoms with Crippen LogP contribution in [0.4, 0.5) is 4.79 Å². The van der Waals surface area contributed by atoms with Crippen molar-refractivity contribution in [3.8, 4) is 0 Å². The van der Waals surface area contributed by atoms with Crippen molar-refractivity contribution >= 4 is 20.3 Å². The fourth-order valence-electron chi connectivity index (χ4n) is 0.770. The second-order valence-corrected chi connectivity index (χ2v) is 3.83. The van der Waals surface area contributed by atoms with E-state index in [0.717, 1.165) is 5.19 Å². The van der Waals surface area contributed by atoms with E-state index in [-0.39, 0.29) is 0 Å². The monoisotopic (exact) mass is 152 g/mol. The molecule has 0 heterocycles. The molecule has 0 unspecified atom stereocenters. The summed E-state index contributed by atoms with van der Waals surface area (Å²) in [7, 11) is -1.06. The number of carbonyl (C=O) groups is 1. The Bertz CT molecular complexity index is 220. The highest BCUT2D eigenvalue weighted by molar-refractivity contribution is 6.82. The Hall–Kier alpha value is -1.09. The molecule has 0 atom stereocenters. The summed E-state index contributed by atoms with van der Waals surface area (Å²) in [6, 6.07) is 9.34. The summed E-state index contributed by atoms with van der Waals surface area (Å²) in [6.45, 7) is 0. The van der Waals surface area contributed by atoms with E-state index in [0.29, 0.717) is 0 Å². The van der Waals surface area contributed by atoms with Gasteiger partial charge in [0.25, 0.3) is 5.59 Å². The van der Waals surface area contributed by atoms with Gasteiger partial charge in [-0.3, -0.25) is 4.79 Å². The maximum atomic E-state index is 10.2. The average molecular weight is 152 g/mol. The molecule has 52 valence electrons. The van der Waals surface area contributed by atoms with Gasteiger partial charge >= 0.3 is 0 Å². The number of hydrogen-bond donors (Lipinski definition) is 1. The Kier molecular flexibility index (Phi) is 2.23. The minimum absolute atomic E-state index is 0.647. The summed E-state index contributed by atoms with van der Waals surface area (Å²) < 4.78 is 0. The van der Waals surface area contributed by atoms with Crippen molar-refractivity contribution in [2.45, 2.75) is 0 Å². The first-order chi connectivity index (χ1) is 4.79. The quantitative estimate of drug-likeness (QED) is 0.613. The summed E-state index contributed by atoms with van der Waals surface area (Å²) in [6.07, 6.45) is 0. The first kappa shape index (κ1) is 7.02. The molecule has 0 amide bonds. The van der Waals surface area contributed by atoms with Crippen LogP contribution in [-0.4, -0.2) is 20.2 Å². The van der Waals surface area contributed by atoms with Crippen molar-refractivity contribution < 1.29 is 9.90 Å². The molecule has 0 saturated heterocycles. The van der Waals surface area contributed by atoms with E-state index in [9.17, 15) is 4.79 Å². The first-order valence-corrected chi connectivity index (χ1v) is 4.46. The molecule has 0 saturated carbocycles. The van der Waals surface area contributed by atoms with Gasteiger partial charge in [-0.15, -0.1) is 0 Å². The molecule has 10 heavy (non-hydrogen) atoms. The van der Waals surface area contributed by atoms with Crippen LogP contribution >= 0.6 is 0 Å². The predicted molar refractivity (Wildman–Crippen MR) is 42.6 cm³/mol. The van der Waals surface area contributed by atoms with E-state index < -0.39 is 15.1 Å². The molecule has 3 heteroatoms. The summed E-state index contributed by atoms with van der Waals surface area (Å²) in [5.74, 6) is 0. The van der Waals surface area contributed by atoms with Crippen molar-refractivity contribution in [1.82, 2.24) is 0 Å². The normalized spacial score (nSPS) is 10.4. The Morgan fingerprint density at radius 1 is 1.30 bits per heavy atom. The zero-order valence-electron chi connectivity index (χ0n) is 5.45. The lowest BCUT2D eigenvalue weighted by molar-refractivity contribution is 0.220. The van der Waals surface area contributed by atoms with Crippen molar-refractivity contribution in [2.75, 3.05) is 0 Å². The lowest BCUT2D eigenvalue weighted by Crippen LogP contribution is -2.21. The maximum absolute atomic E-state index is 10.2. The van der Waals surface area contributed by atoms with Gasteiger partial charge in [0.15, 0.2) is 9.52 Å². The Morgan fingerprint density at radius 2 is 1.90 bits per heavy atom. The first-order valence-electron chi connectivity index (χ1n) is 3.05. The van der Waals surface area contributed by atoms with Gasteiger partial charge in [0.05, 0.1) is 0 Å². The van der Waals surface area contributed by atoms with Gasteiger partial charge in [-0.05, 0) is 0 Å². The molecule has 1 aromatic rings. The molecule has 0 aliphatic carbocycles. The predicted octanol–water partition coefficient (Wildman–Crippen LogP) is 0.159. The third-order valence-corrected chi connectivity index (χ3v) is 2.38. The van der Waals surface area contributed by atoms with Crippen molar-refractivity contribution in [2.24, 2.45) is 0 Å². The second kappa shape index (κ2) is 3.17. The Labute approximate surface area is 61.3 Å². The summed E-state index contributed by atoms with van der Waals surface area (Å²) >= 11 is 0. The third-order valence-electron chi connectivity index (χ3n) is 1.20. The molecule has 1 aromatic carbocycles. The van der Waals surface area contributed by atoms with Gasteiger partial charge < -0.3 is 5.11 Å². The van der Waals surface area contributed by atoms with Gasteiger partial charge in [-0.25, -0.2) is 0 Å². The molecule has 1 N–H and O–H groups in total. The van der Waals surface area contributed by atoms with E-state index in [1.54, 1.807) is 0 Å². The summed E-state index contributed by atoms with van der Waals surface area (Å²) in [5.41, 5.74) is -0.647. The lowest BCUT2D eigenvalue weighted by atomic mass is 10.4. The molecule has 0 bridgehead atoms. The van der Waals surface area contributed by atoms with E-state index >= 15 is 0 Å².